The smallest absolute Gasteiger partial charge is 0.244 e. The van der Waals surface area contributed by atoms with Crippen LogP contribution in [0, 0.1) is 0 Å². The van der Waals surface area contributed by atoms with Crippen molar-refractivity contribution in [1.29, 1.82) is 0 Å². The summed E-state index contributed by atoms with van der Waals surface area (Å²) in [7, 11) is -3.88. The second kappa shape index (κ2) is 12.3. The lowest BCUT2D eigenvalue weighted by atomic mass is 10.1. The summed E-state index contributed by atoms with van der Waals surface area (Å²) in [6, 6.07) is 8.22. The maximum atomic E-state index is 13.4. The third-order valence-electron chi connectivity index (χ3n) is 4.92. The maximum Gasteiger partial charge on any atom is 0.244 e. The lowest BCUT2D eigenvalue weighted by Gasteiger charge is -2.31. The molecule has 0 bridgehead atoms. The van der Waals surface area contributed by atoms with Crippen molar-refractivity contribution in [2.75, 3.05) is 23.7 Å². The number of nitrogens with one attached hydrogen (secondary N) is 1. The van der Waals surface area contributed by atoms with E-state index >= 15 is 0 Å². The van der Waals surface area contributed by atoms with E-state index in [1.807, 2.05) is 6.92 Å². The SMILES string of the molecule is CCCNC(=O)C(C)N(Cc1ccc(Cl)c(Cl)c1)C(=O)CN(c1ccc(Cl)c(Cl)c1)S(C)(=O)=O. The van der Waals surface area contributed by atoms with Crippen LogP contribution in [0.1, 0.15) is 25.8 Å². The van der Waals surface area contributed by atoms with Crippen LogP contribution in [0.3, 0.4) is 0 Å². The Morgan fingerprint density at radius 1 is 0.971 bits per heavy atom. The summed E-state index contributed by atoms with van der Waals surface area (Å²) in [4.78, 5) is 27.4. The molecule has 0 fully saturated rings. The average Bonchev–Trinajstić information content (AvgIpc) is 2.77. The number of carbonyl (C=O) groups excluding carboxylic acids is 2. The van der Waals surface area contributed by atoms with E-state index in [4.69, 9.17) is 46.4 Å². The van der Waals surface area contributed by atoms with Gasteiger partial charge in [-0.15, -0.1) is 0 Å². The molecule has 12 heteroatoms. The molecule has 7 nitrogen and oxygen atoms in total. The van der Waals surface area contributed by atoms with Crippen LogP contribution in [0.5, 0.6) is 0 Å². The Labute approximate surface area is 220 Å². The Hall–Kier alpha value is -1.71. The van der Waals surface area contributed by atoms with Crippen molar-refractivity contribution >= 4 is 73.9 Å². The lowest BCUT2D eigenvalue weighted by Crippen LogP contribution is -2.51. The minimum atomic E-state index is -3.88. The Kier molecular flexibility index (Phi) is 10.3. The zero-order chi connectivity index (χ0) is 25.6. The van der Waals surface area contributed by atoms with E-state index in [9.17, 15) is 18.0 Å². The molecular formula is C22H25Cl4N3O4S. The number of anilines is 1. The fraction of sp³-hybridized carbons (Fsp3) is 0.364. The molecule has 1 N–H and O–H groups in total. The summed E-state index contributed by atoms with van der Waals surface area (Å²) in [5, 5.41) is 3.78. The molecule has 0 aromatic heterocycles. The number of hydrogen-bond donors (Lipinski definition) is 1. The molecule has 186 valence electrons. The van der Waals surface area contributed by atoms with Crippen LogP contribution in [0.2, 0.25) is 20.1 Å². The van der Waals surface area contributed by atoms with Gasteiger partial charge in [0.15, 0.2) is 0 Å². The number of benzene rings is 2. The molecular weight excluding hydrogens is 544 g/mol. The van der Waals surface area contributed by atoms with E-state index in [0.717, 1.165) is 17.0 Å². The molecule has 0 spiro atoms. The summed E-state index contributed by atoms with van der Waals surface area (Å²) in [6.45, 7) is 3.38. The van der Waals surface area contributed by atoms with Crippen LogP contribution < -0.4 is 9.62 Å². The van der Waals surface area contributed by atoms with Crippen molar-refractivity contribution in [3.05, 3.63) is 62.1 Å². The van der Waals surface area contributed by atoms with E-state index in [0.29, 0.717) is 22.2 Å². The van der Waals surface area contributed by atoms with Gasteiger partial charge in [-0.2, -0.15) is 0 Å². The zero-order valence-electron chi connectivity index (χ0n) is 18.8. The Balaban J connectivity index is 2.41. The number of amides is 2. The highest BCUT2D eigenvalue weighted by molar-refractivity contribution is 7.92. The fourth-order valence-electron chi connectivity index (χ4n) is 3.07. The van der Waals surface area contributed by atoms with Gasteiger partial charge in [-0.25, -0.2) is 8.42 Å². The Morgan fingerprint density at radius 2 is 1.56 bits per heavy atom. The summed E-state index contributed by atoms with van der Waals surface area (Å²) in [5.74, 6) is -0.961. The maximum absolute atomic E-state index is 13.4. The second-order valence-corrected chi connectivity index (χ2v) is 11.1. The van der Waals surface area contributed by atoms with Gasteiger partial charge in [-0.05, 0) is 49.2 Å². The predicted molar refractivity (Wildman–Crippen MR) is 138 cm³/mol. The number of carbonyl (C=O) groups is 2. The number of rotatable bonds is 10. The normalized spacial score (nSPS) is 12.2. The van der Waals surface area contributed by atoms with Crippen molar-refractivity contribution < 1.29 is 18.0 Å². The number of nitrogens with zero attached hydrogens (tertiary/aromatic N) is 2. The molecule has 34 heavy (non-hydrogen) atoms. The molecule has 2 amide bonds. The van der Waals surface area contributed by atoms with E-state index in [-0.39, 0.29) is 28.2 Å². The van der Waals surface area contributed by atoms with Gasteiger partial charge in [0, 0.05) is 13.1 Å². The van der Waals surface area contributed by atoms with Crippen molar-refractivity contribution in [3.63, 3.8) is 0 Å². The second-order valence-electron chi connectivity index (χ2n) is 7.61. The molecule has 0 heterocycles. The first-order chi connectivity index (χ1) is 15.8. The van der Waals surface area contributed by atoms with Gasteiger partial charge in [-0.1, -0.05) is 59.4 Å². The molecule has 2 aromatic rings. The molecule has 1 unspecified atom stereocenters. The van der Waals surface area contributed by atoms with Crippen molar-refractivity contribution in [1.82, 2.24) is 10.2 Å². The number of sulfonamides is 1. The van der Waals surface area contributed by atoms with E-state index in [1.165, 1.54) is 23.1 Å². The van der Waals surface area contributed by atoms with Crippen LogP contribution in [-0.2, 0) is 26.2 Å². The highest BCUT2D eigenvalue weighted by Crippen LogP contribution is 2.29. The standard InChI is InChI=1S/C22H25Cl4N3O4S/c1-4-9-27-22(31)14(2)28(12-15-5-7-17(23)19(25)10-15)21(30)13-29(34(3,32)33)16-6-8-18(24)20(26)11-16/h5-8,10-11,14H,4,9,12-13H2,1-3H3,(H,27,31). The van der Waals surface area contributed by atoms with Gasteiger partial charge in [0.25, 0.3) is 0 Å². The minimum Gasteiger partial charge on any atom is -0.354 e. The number of halogens is 4. The van der Waals surface area contributed by atoms with Crippen LogP contribution in [-0.4, -0.2) is 50.5 Å². The van der Waals surface area contributed by atoms with E-state index in [1.54, 1.807) is 25.1 Å². The van der Waals surface area contributed by atoms with Crippen molar-refractivity contribution in [2.24, 2.45) is 0 Å². The minimum absolute atomic E-state index is 0.00934. The summed E-state index contributed by atoms with van der Waals surface area (Å²) < 4.78 is 26.0. The first-order valence-corrected chi connectivity index (χ1v) is 13.6. The molecule has 2 aromatic carbocycles. The van der Waals surface area contributed by atoms with E-state index in [2.05, 4.69) is 5.32 Å². The fourth-order valence-corrected chi connectivity index (χ4v) is 4.52. The third-order valence-corrected chi connectivity index (χ3v) is 7.54. The highest BCUT2D eigenvalue weighted by Gasteiger charge is 2.30. The van der Waals surface area contributed by atoms with Gasteiger partial charge >= 0.3 is 0 Å². The van der Waals surface area contributed by atoms with Crippen molar-refractivity contribution in [3.8, 4) is 0 Å². The monoisotopic (exact) mass is 567 g/mol. The van der Waals surface area contributed by atoms with Crippen molar-refractivity contribution in [2.45, 2.75) is 32.9 Å². The van der Waals surface area contributed by atoms with Crippen LogP contribution in [0.15, 0.2) is 36.4 Å². The molecule has 0 saturated carbocycles. The van der Waals surface area contributed by atoms with Gasteiger partial charge in [-0.3, -0.25) is 13.9 Å². The Bertz CT molecular complexity index is 1160. The molecule has 0 aliphatic carbocycles. The lowest BCUT2D eigenvalue weighted by molar-refractivity contribution is -0.139. The zero-order valence-corrected chi connectivity index (χ0v) is 22.7. The van der Waals surface area contributed by atoms with Gasteiger partial charge in [0.05, 0.1) is 32.0 Å². The highest BCUT2D eigenvalue weighted by atomic mass is 35.5. The first kappa shape index (κ1) is 28.5. The van der Waals surface area contributed by atoms with E-state index < -0.39 is 28.5 Å². The van der Waals surface area contributed by atoms with Crippen LogP contribution in [0.25, 0.3) is 0 Å². The Morgan fingerprint density at radius 3 is 2.09 bits per heavy atom. The quantitative estimate of drug-likeness (QED) is 0.436. The third kappa shape index (κ3) is 7.65. The summed E-state index contributed by atoms with van der Waals surface area (Å²) >= 11 is 24.1. The average molecular weight is 569 g/mol. The summed E-state index contributed by atoms with van der Waals surface area (Å²) in [6.07, 6.45) is 1.70. The molecule has 0 aliphatic rings. The topological polar surface area (TPSA) is 86.8 Å². The number of hydrogen-bond acceptors (Lipinski definition) is 4. The van der Waals surface area contributed by atoms with Crippen LogP contribution >= 0.6 is 46.4 Å². The molecule has 1 atom stereocenters. The predicted octanol–water partition coefficient (Wildman–Crippen LogP) is 5.01. The molecule has 0 aliphatic heterocycles. The largest absolute Gasteiger partial charge is 0.354 e. The van der Waals surface area contributed by atoms with Gasteiger partial charge < -0.3 is 10.2 Å². The summed E-state index contributed by atoms with van der Waals surface area (Å²) in [5.41, 5.74) is 0.793. The van der Waals surface area contributed by atoms with Gasteiger partial charge in [0.2, 0.25) is 21.8 Å². The molecule has 2 rings (SSSR count). The first-order valence-electron chi connectivity index (χ1n) is 10.3. The molecule has 0 radical (unpaired) electrons. The van der Waals surface area contributed by atoms with Gasteiger partial charge in [0.1, 0.15) is 12.6 Å². The molecule has 0 saturated heterocycles. The van der Waals surface area contributed by atoms with Crippen LogP contribution in [0.4, 0.5) is 5.69 Å².